The number of ether oxygens (including phenoxy) is 1. The Morgan fingerprint density at radius 1 is 1.16 bits per heavy atom. The van der Waals surface area contributed by atoms with E-state index in [2.05, 4.69) is 49.2 Å². The largest absolute Gasteiger partial charge is 0.489 e. The molecule has 3 N–H and O–H groups in total. The molecule has 1 heterocycles. The number of primary amides is 1. The Hall–Kier alpha value is -3.12. The number of carbonyl (C=O) groups excluding carboxylic acids is 1. The van der Waals surface area contributed by atoms with Gasteiger partial charge in [-0.15, -0.1) is 0 Å². The second-order valence-electron chi connectivity index (χ2n) is 8.16. The summed E-state index contributed by atoms with van der Waals surface area (Å²) in [6.45, 7) is 5.28. The molecule has 3 aromatic rings. The fourth-order valence-corrected chi connectivity index (χ4v) is 3.46. The van der Waals surface area contributed by atoms with Crippen molar-refractivity contribution in [3.05, 3.63) is 83.4 Å². The number of carbonyl (C=O) groups is 1. The molecule has 0 radical (unpaired) electrons. The van der Waals surface area contributed by atoms with Crippen LogP contribution >= 0.6 is 0 Å². The van der Waals surface area contributed by atoms with Crippen LogP contribution in [0.15, 0.2) is 61.1 Å². The first-order valence-electron chi connectivity index (χ1n) is 10.7. The van der Waals surface area contributed by atoms with Gasteiger partial charge >= 0.3 is 0 Å². The van der Waals surface area contributed by atoms with Gasteiger partial charge in [0.15, 0.2) is 0 Å². The first kappa shape index (κ1) is 22.6. The summed E-state index contributed by atoms with van der Waals surface area (Å²) in [4.78, 5) is 15.0. The van der Waals surface area contributed by atoms with Crippen LogP contribution in [0.5, 0.6) is 5.75 Å². The molecule has 0 saturated heterocycles. The molecule has 0 bridgehead atoms. The Kier molecular flexibility index (Phi) is 7.84. The number of para-hydroxylation sites is 1. The predicted octanol–water partition coefficient (Wildman–Crippen LogP) is 4.07. The summed E-state index contributed by atoms with van der Waals surface area (Å²) in [5.41, 5.74) is 9.01. The molecule has 1 unspecified atom stereocenters. The van der Waals surface area contributed by atoms with Gasteiger partial charge in [0.1, 0.15) is 18.1 Å². The zero-order chi connectivity index (χ0) is 22.2. The number of rotatable bonds is 11. The SMILES string of the molecule is CC(C)c1ccc(COc2ccccc2CCCC(O)Cn2cnc(C(N)=O)c2)cc1. The average Bonchev–Trinajstić information content (AvgIpc) is 3.22. The quantitative estimate of drug-likeness (QED) is 0.488. The van der Waals surface area contributed by atoms with Gasteiger partial charge in [0.25, 0.3) is 5.91 Å². The van der Waals surface area contributed by atoms with Crippen LogP contribution in [0.25, 0.3) is 0 Å². The van der Waals surface area contributed by atoms with Crippen molar-refractivity contribution in [3.63, 3.8) is 0 Å². The second kappa shape index (κ2) is 10.8. The van der Waals surface area contributed by atoms with Crippen molar-refractivity contribution in [1.82, 2.24) is 9.55 Å². The molecule has 1 atom stereocenters. The molecule has 6 nitrogen and oxygen atoms in total. The molecule has 6 heteroatoms. The van der Waals surface area contributed by atoms with E-state index in [1.807, 2.05) is 18.2 Å². The first-order valence-corrected chi connectivity index (χ1v) is 10.7. The van der Waals surface area contributed by atoms with E-state index in [1.165, 1.54) is 11.9 Å². The van der Waals surface area contributed by atoms with E-state index in [0.29, 0.717) is 25.5 Å². The molecule has 0 aliphatic carbocycles. The van der Waals surface area contributed by atoms with E-state index in [0.717, 1.165) is 29.7 Å². The number of amides is 1. The summed E-state index contributed by atoms with van der Waals surface area (Å²) in [5, 5.41) is 10.3. The predicted molar refractivity (Wildman–Crippen MR) is 121 cm³/mol. The molecular weight excluding hydrogens is 390 g/mol. The van der Waals surface area contributed by atoms with E-state index < -0.39 is 12.0 Å². The fraction of sp³-hybridized carbons (Fsp3) is 0.360. The highest BCUT2D eigenvalue weighted by molar-refractivity contribution is 5.90. The smallest absolute Gasteiger partial charge is 0.268 e. The lowest BCUT2D eigenvalue weighted by molar-refractivity contribution is 0.0995. The molecule has 3 rings (SSSR count). The zero-order valence-corrected chi connectivity index (χ0v) is 18.2. The van der Waals surface area contributed by atoms with Gasteiger partial charge in [-0.3, -0.25) is 4.79 Å². The van der Waals surface area contributed by atoms with Crippen LogP contribution in [0.1, 0.15) is 59.8 Å². The number of aryl methyl sites for hydroxylation is 1. The topological polar surface area (TPSA) is 90.4 Å². The third-order valence-electron chi connectivity index (χ3n) is 5.30. The molecular formula is C25H31N3O3. The molecule has 0 aliphatic rings. The Labute approximate surface area is 183 Å². The number of benzene rings is 2. The number of hydrogen-bond acceptors (Lipinski definition) is 4. The Balaban J connectivity index is 1.48. The molecule has 0 fully saturated rings. The van der Waals surface area contributed by atoms with Crippen LogP contribution < -0.4 is 10.5 Å². The molecule has 31 heavy (non-hydrogen) atoms. The lowest BCUT2D eigenvalue weighted by Gasteiger charge is -2.14. The Morgan fingerprint density at radius 3 is 2.58 bits per heavy atom. The van der Waals surface area contributed by atoms with Crippen LogP contribution in [-0.2, 0) is 19.6 Å². The third kappa shape index (κ3) is 6.69. The van der Waals surface area contributed by atoms with E-state index in [4.69, 9.17) is 10.5 Å². The third-order valence-corrected chi connectivity index (χ3v) is 5.30. The summed E-state index contributed by atoms with van der Waals surface area (Å²) < 4.78 is 7.77. The van der Waals surface area contributed by atoms with Crippen molar-refractivity contribution in [1.29, 1.82) is 0 Å². The number of imidazole rings is 1. The van der Waals surface area contributed by atoms with Gasteiger partial charge in [-0.1, -0.05) is 56.3 Å². The van der Waals surface area contributed by atoms with E-state index in [1.54, 1.807) is 10.8 Å². The van der Waals surface area contributed by atoms with Crippen molar-refractivity contribution in [2.45, 2.75) is 58.3 Å². The van der Waals surface area contributed by atoms with E-state index in [-0.39, 0.29) is 5.69 Å². The van der Waals surface area contributed by atoms with Crippen LogP contribution in [-0.4, -0.2) is 26.7 Å². The highest BCUT2D eigenvalue weighted by Gasteiger charge is 2.10. The average molecular weight is 422 g/mol. The summed E-state index contributed by atoms with van der Waals surface area (Å²) in [5.74, 6) is 0.830. The highest BCUT2D eigenvalue weighted by Crippen LogP contribution is 2.22. The number of aliphatic hydroxyl groups excluding tert-OH is 1. The molecule has 0 spiro atoms. The van der Waals surface area contributed by atoms with Crippen molar-refractivity contribution in [2.75, 3.05) is 0 Å². The standard InChI is InChI=1S/C25H31N3O3/c1-18(2)20-12-10-19(11-13-20)16-31-24-9-4-3-6-21(24)7-5-8-22(29)14-28-15-23(25(26)30)27-17-28/h3-4,6,9-13,15,17-18,22,29H,5,7-8,14,16H2,1-2H3,(H2,26,30). The lowest BCUT2D eigenvalue weighted by Crippen LogP contribution is -2.15. The molecule has 1 amide bonds. The summed E-state index contributed by atoms with van der Waals surface area (Å²) >= 11 is 0. The second-order valence-corrected chi connectivity index (χ2v) is 8.16. The van der Waals surface area contributed by atoms with Crippen molar-refractivity contribution < 1.29 is 14.6 Å². The first-order chi connectivity index (χ1) is 14.9. The van der Waals surface area contributed by atoms with Crippen LogP contribution in [0.4, 0.5) is 0 Å². The monoisotopic (exact) mass is 421 g/mol. The minimum Gasteiger partial charge on any atom is -0.489 e. The highest BCUT2D eigenvalue weighted by atomic mass is 16.5. The van der Waals surface area contributed by atoms with Gasteiger partial charge in [0.2, 0.25) is 0 Å². The molecule has 0 saturated carbocycles. The number of aromatic nitrogens is 2. The molecule has 164 valence electrons. The van der Waals surface area contributed by atoms with Crippen LogP contribution in [0.3, 0.4) is 0 Å². The number of hydrogen-bond donors (Lipinski definition) is 2. The van der Waals surface area contributed by atoms with Crippen molar-refractivity contribution >= 4 is 5.91 Å². The lowest BCUT2D eigenvalue weighted by atomic mass is 10.0. The molecule has 0 aliphatic heterocycles. The van der Waals surface area contributed by atoms with Gasteiger partial charge in [0, 0.05) is 12.7 Å². The minimum atomic E-state index is -0.569. The summed E-state index contributed by atoms with van der Waals surface area (Å²) in [6, 6.07) is 16.6. The van der Waals surface area contributed by atoms with Gasteiger partial charge in [0.05, 0.1) is 12.4 Å². The maximum absolute atomic E-state index is 11.1. The summed E-state index contributed by atoms with van der Waals surface area (Å²) in [6.07, 6.45) is 4.82. The number of aliphatic hydroxyl groups is 1. The Morgan fingerprint density at radius 2 is 1.90 bits per heavy atom. The van der Waals surface area contributed by atoms with E-state index >= 15 is 0 Å². The molecule has 1 aromatic heterocycles. The molecule has 2 aromatic carbocycles. The zero-order valence-electron chi connectivity index (χ0n) is 18.2. The normalized spacial score (nSPS) is 12.1. The fourth-order valence-electron chi connectivity index (χ4n) is 3.46. The van der Waals surface area contributed by atoms with Crippen LogP contribution in [0, 0.1) is 0 Å². The van der Waals surface area contributed by atoms with Gasteiger partial charge < -0.3 is 20.1 Å². The maximum Gasteiger partial charge on any atom is 0.268 e. The Bertz CT molecular complexity index is 980. The van der Waals surface area contributed by atoms with Gasteiger partial charge in [-0.2, -0.15) is 0 Å². The minimum absolute atomic E-state index is 0.206. The van der Waals surface area contributed by atoms with Crippen molar-refractivity contribution in [2.24, 2.45) is 5.73 Å². The van der Waals surface area contributed by atoms with Crippen LogP contribution in [0.2, 0.25) is 0 Å². The number of nitrogens with two attached hydrogens (primary N) is 1. The van der Waals surface area contributed by atoms with E-state index in [9.17, 15) is 9.90 Å². The van der Waals surface area contributed by atoms with Gasteiger partial charge in [-0.05, 0) is 47.9 Å². The number of nitrogens with zero attached hydrogens (tertiary/aromatic N) is 2. The summed E-state index contributed by atoms with van der Waals surface area (Å²) in [7, 11) is 0. The van der Waals surface area contributed by atoms with Crippen molar-refractivity contribution in [3.8, 4) is 5.75 Å². The maximum atomic E-state index is 11.1. The van der Waals surface area contributed by atoms with Gasteiger partial charge in [-0.25, -0.2) is 4.98 Å².